The van der Waals surface area contributed by atoms with Gasteiger partial charge in [-0.25, -0.2) is 9.78 Å². The second-order valence-electron chi connectivity index (χ2n) is 7.59. The van der Waals surface area contributed by atoms with Gasteiger partial charge in [0.1, 0.15) is 0 Å². The van der Waals surface area contributed by atoms with Gasteiger partial charge in [0.25, 0.3) is 0 Å². The highest BCUT2D eigenvalue weighted by Crippen LogP contribution is 2.34. The lowest BCUT2D eigenvalue weighted by molar-refractivity contribution is -0.113. The highest BCUT2D eigenvalue weighted by Gasteiger charge is 2.22. The van der Waals surface area contributed by atoms with Crippen molar-refractivity contribution in [1.29, 1.82) is 0 Å². The molecule has 1 N–H and O–H groups in total. The van der Waals surface area contributed by atoms with Crippen molar-refractivity contribution in [1.82, 2.24) is 9.55 Å². The van der Waals surface area contributed by atoms with Crippen LogP contribution in [0.4, 0.5) is 5.69 Å². The summed E-state index contributed by atoms with van der Waals surface area (Å²) in [5.41, 5.74) is 4.16. The minimum absolute atomic E-state index is 0.117. The van der Waals surface area contributed by atoms with Crippen molar-refractivity contribution in [3.05, 3.63) is 40.7 Å². The fraction of sp³-hybridized carbons (Fsp3) is 0.500. The molecular weight excluding hydrogens is 386 g/mol. The molecule has 0 atom stereocenters. The molecule has 0 saturated heterocycles. The van der Waals surface area contributed by atoms with Crippen LogP contribution < -0.4 is 5.32 Å². The minimum atomic E-state index is -0.421. The zero-order valence-electron chi connectivity index (χ0n) is 17.6. The molecule has 1 saturated carbocycles. The first kappa shape index (κ1) is 21.4. The lowest BCUT2D eigenvalue weighted by atomic mass is 9.95. The third kappa shape index (κ3) is 5.01. The van der Waals surface area contributed by atoms with Gasteiger partial charge in [0.2, 0.25) is 5.91 Å². The number of carbonyl (C=O) groups is 2. The van der Waals surface area contributed by atoms with Crippen LogP contribution >= 0.6 is 11.8 Å². The van der Waals surface area contributed by atoms with E-state index >= 15 is 0 Å². The number of nitrogens with zero attached hydrogens (tertiary/aromatic N) is 2. The first-order chi connectivity index (χ1) is 13.9. The van der Waals surface area contributed by atoms with E-state index in [0.717, 1.165) is 16.4 Å². The smallest absolute Gasteiger partial charge is 0.337 e. The third-order valence-corrected chi connectivity index (χ3v) is 6.51. The Morgan fingerprint density at radius 2 is 1.93 bits per heavy atom. The van der Waals surface area contributed by atoms with Crippen LogP contribution in [0.25, 0.3) is 0 Å². The molecule has 3 rings (SSSR count). The summed E-state index contributed by atoms with van der Waals surface area (Å²) < 4.78 is 7.09. The third-order valence-electron chi connectivity index (χ3n) is 5.56. The Labute approximate surface area is 176 Å². The molecule has 7 heteroatoms. The van der Waals surface area contributed by atoms with E-state index < -0.39 is 5.97 Å². The average molecular weight is 416 g/mol. The molecular formula is C22H29N3O3S. The van der Waals surface area contributed by atoms with E-state index in [-0.39, 0.29) is 11.7 Å². The second-order valence-corrected chi connectivity index (χ2v) is 8.53. The Morgan fingerprint density at radius 1 is 1.21 bits per heavy atom. The maximum absolute atomic E-state index is 12.6. The molecule has 2 aromatic rings. The fourth-order valence-corrected chi connectivity index (χ4v) is 4.74. The Bertz CT molecular complexity index is 901. The van der Waals surface area contributed by atoms with Crippen molar-refractivity contribution in [3.63, 3.8) is 0 Å². The van der Waals surface area contributed by atoms with Gasteiger partial charge in [-0.3, -0.25) is 4.79 Å². The topological polar surface area (TPSA) is 73.2 Å². The first-order valence-electron chi connectivity index (χ1n) is 10.1. The lowest BCUT2D eigenvalue weighted by Gasteiger charge is -2.26. The molecule has 1 heterocycles. The number of amides is 1. The zero-order chi connectivity index (χ0) is 21.0. The van der Waals surface area contributed by atoms with Crippen molar-refractivity contribution in [2.75, 3.05) is 18.2 Å². The van der Waals surface area contributed by atoms with Crippen molar-refractivity contribution >= 4 is 29.3 Å². The fourth-order valence-electron chi connectivity index (χ4n) is 3.79. The van der Waals surface area contributed by atoms with Gasteiger partial charge in [-0.05, 0) is 51.3 Å². The summed E-state index contributed by atoms with van der Waals surface area (Å²) in [5, 5.41) is 3.83. The Kier molecular flexibility index (Phi) is 7.00. The van der Waals surface area contributed by atoms with Gasteiger partial charge < -0.3 is 14.6 Å². The molecule has 1 aliphatic rings. The van der Waals surface area contributed by atoms with Crippen LogP contribution in [0.2, 0.25) is 0 Å². The van der Waals surface area contributed by atoms with Gasteiger partial charge in [-0.15, -0.1) is 0 Å². The number of thioether (sulfide) groups is 1. The van der Waals surface area contributed by atoms with Crippen LogP contribution in [-0.4, -0.2) is 34.3 Å². The number of hydrogen-bond acceptors (Lipinski definition) is 5. The van der Waals surface area contributed by atoms with E-state index in [0.29, 0.717) is 17.3 Å². The first-order valence-corrected chi connectivity index (χ1v) is 11.1. The van der Waals surface area contributed by atoms with Crippen molar-refractivity contribution < 1.29 is 14.3 Å². The van der Waals surface area contributed by atoms with E-state index in [2.05, 4.69) is 16.8 Å². The molecule has 0 bridgehead atoms. The van der Waals surface area contributed by atoms with E-state index in [4.69, 9.17) is 9.72 Å². The monoisotopic (exact) mass is 415 g/mol. The van der Waals surface area contributed by atoms with Crippen LogP contribution in [-0.2, 0) is 9.53 Å². The maximum atomic E-state index is 12.6. The van der Waals surface area contributed by atoms with Crippen LogP contribution in [0, 0.1) is 20.8 Å². The normalized spacial score (nSPS) is 14.6. The molecule has 29 heavy (non-hydrogen) atoms. The van der Waals surface area contributed by atoms with E-state index in [1.807, 2.05) is 13.8 Å². The van der Waals surface area contributed by atoms with Crippen LogP contribution in [0.5, 0.6) is 0 Å². The molecule has 1 aliphatic carbocycles. The van der Waals surface area contributed by atoms with Gasteiger partial charge >= 0.3 is 5.97 Å². The molecule has 1 fully saturated rings. The predicted molar refractivity (Wildman–Crippen MR) is 116 cm³/mol. The van der Waals surface area contributed by atoms with Gasteiger partial charge in [0.15, 0.2) is 5.16 Å². The summed E-state index contributed by atoms with van der Waals surface area (Å²) in [7, 11) is 1.34. The Hall–Kier alpha value is -2.28. The van der Waals surface area contributed by atoms with Gasteiger partial charge in [-0.1, -0.05) is 37.1 Å². The molecule has 1 aromatic carbocycles. The lowest BCUT2D eigenvalue weighted by Crippen LogP contribution is -2.18. The number of rotatable bonds is 6. The Balaban J connectivity index is 1.69. The number of aryl methyl sites for hydroxylation is 2. The highest BCUT2D eigenvalue weighted by molar-refractivity contribution is 7.99. The number of methoxy groups -OCH3 is 1. The number of imidazole rings is 1. The highest BCUT2D eigenvalue weighted by atomic mass is 32.2. The van der Waals surface area contributed by atoms with Crippen LogP contribution in [0.1, 0.15) is 65.5 Å². The zero-order valence-corrected chi connectivity index (χ0v) is 18.4. The quantitative estimate of drug-likeness (QED) is 0.540. The summed E-state index contributed by atoms with van der Waals surface area (Å²) in [4.78, 5) is 29.0. The second kappa shape index (κ2) is 9.48. The summed E-state index contributed by atoms with van der Waals surface area (Å²) in [6.45, 7) is 6.04. The number of aromatic nitrogens is 2. The molecule has 0 spiro atoms. The maximum Gasteiger partial charge on any atom is 0.337 e. The van der Waals surface area contributed by atoms with E-state index in [1.54, 1.807) is 18.2 Å². The van der Waals surface area contributed by atoms with Gasteiger partial charge in [0.05, 0.1) is 24.1 Å². The number of esters is 1. The molecule has 1 amide bonds. The number of ether oxygens (including phenoxy) is 1. The minimum Gasteiger partial charge on any atom is -0.465 e. The summed E-state index contributed by atoms with van der Waals surface area (Å²) in [6.07, 6.45) is 6.16. The summed E-state index contributed by atoms with van der Waals surface area (Å²) >= 11 is 1.47. The summed E-state index contributed by atoms with van der Waals surface area (Å²) in [6, 6.07) is 5.63. The van der Waals surface area contributed by atoms with Crippen molar-refractivity contribution in [2.45, 2.75) is 64.1 Å². The summed E-state index contributed by atoms with van der Waals surface area (Å²) in [5.74, 6) is -0.270. The Morgan fingerprint density at radius 3 is 2.62 bits per heavy atom. The predicted octanol–water partition coefficient (Wildman–Crippen LogP) is 4.83. The number of nitrogens with one attached hydrogen (secondary N) is 1. The van der Waals surface area contributed by atoms with Crippen molar-refractivity contribution in [3.8, 4) is 0 Å². The van der Waals surface area contributed by atoms with Gasteiger partial charge in [-0.2, -0.15) is 0 Å². The molecule has 1 aromatic heterocycles. The van der Waals surface area contributed by atoms with E-state index in [9.17, 15) is 9.59 Å². The number of anilines is 1. The van der Waals surface area contributed by atoms with E-state index in [1.165, 1.54) is 56.7 Å². The van der Waals surface area contributed by atoms with Crippen LogP contribution in [0.3, 0.4) is 0 Å². The largest absolute Gasteiger partial charge is 0.465 e. The van der Waals surface area contributed by atoms with Crippen LogP contribution in [0.15, 0.2) is 23.4 Å². The molecule has 6 nitrogen and oxygen atoms in total. The molecule has 0 radical (unpaired) electrons. The molecule has 0 aliphatic heterocycles. The SMILES string of the molecule is COC(=O)c1ccc(C)c(NC(=O)CSc2nc(C)c(C)n2C2CCCCC2)c1. The van der Waals surface area contributed by atoms with Crippen molar-refractivity contribution in [2.24, 2.45) is 0 Å². The average Bonchev–Trinajstić information content (AvgIpc) is 3.01. The number of hydrogen-bond donors (Lipinski definition) is 1. The van der Waals surface area contributed by atoms with Gasteiger partial charge in [0, 0.05) is 17.4 Å². The molecule has 156 valence electrons. The standard InChI is InChI=1S/C22H29N3O3S/c1-14-10-11-17(21(27)28-4)12-19(14)24-20(26)13-29-22-23-15(2)16(3)25(22)18-8-6-5-7-9-18/h10-12,18H,5-9,13H2,1-4H3,(H,24,26). The molecule has 0 unspecified atom stereocenters. The number of carbonyl (C=O) groups excluding carboxylic acids is 2. The number of benzene rings is 1.